The third kappa shape index (κ3) is 3.94. The normalized spacial score (nSPS) is 12.0. The third-order valence-corrected chi connectivity index (χ3v) is 2.39. The average Bonchev–Trinajstić information content (AvgIpc) is 2.38. The minimum Gasteiger partial charge on any atom is -0.383 e. The van der Waals surface area contributed by atoms with E-state index in [4.69, 9.17) is 10.5 Å². The predicted octanol–water partition coefficient (Wildman–Crippen LogP) is -0.754. The number of likely N-dealkylation sites (N-methyl/N-ethyl adjacent to an activating group) is 1. The molecule has 7 heteroatoms. The Morgan fingerprint density at radius 2 is 2.28 bits per heavy atom. The Morgan fingerprint density at radius 1 is 1.56 bits per heavy atom. The maximum atomic E-state index is 11.3. The van der Waals surface area contributed by atoms with Crippen molar-refractivity contribution >= 4 is 11.7 Å². The lowest BCUT2D eigenvalue weighted by atomic mass is 10.3. The summed E-state index contributed by atoms with van der Waals surface area (Å²) in [4.78, 5) is 13.2. The summed E-state index contributed by atoms with van der Waals surface area (Å²) >= 11 is 0. The summed E-state index contributed by atoms with van der Waals surface area (Å²) in [6.07, 6.45) is 0. The van der Waals surface area contributed by atoms with Gasteiger partial charge >= 0.3 is 0 Å². The van der Waals surface area contributed by atoms with Crippen LogP contribution in [0.5, 0.6) is 0 Å². The van der Waals surface area contributed by atoms with Gasteiger partial charge in [-0.3, -0.25) is 4.79 Å². The van der Waals surface area contributed by atoms with E-state index in [0.717, 1.165) is 0 Å². The number of ether oxygens (including phenoxy) is 1. The van der Waals surface area contributed by atoms with Gasteiger partial charge in [-0.1, -0.05) is 0 Å². The molecule has 0 fully saturated rings. The van der Waals surface area contributed by atoms with Crippen molar-refractivity contribution in [2.24, 2.45) is 5.73 Å². The topological polar surface area (TPSA) is 93.4 Å². The van der Waals surface area contributed by atoms with Crippen molar-refractivity contribution in [1.29, 1.82) is 0 Å². The van der Waals surface area contributed by atoms with Crippen LogP contribution in [0.3, 0.4) is 0 Å². The smallest absolute Gasteiger partial charge is 0.271 e. The van der Waals surface area contributed by atoms with E-state index in [1.165, 1.54) is 0 Å². The maximum Gasteiger partial charge on any atom is 0.271 e. The van der Waals surface area contributed by atoms with Gasteiger partial charge in [-0.2, -0.15) is 0 Å². The number of amides is 1. The molecule has 0 radical (unpaired) electrons. The van der Waals surface area contributed by atoms with Gasteiger partial charge in [0, 0.05) is 33.8 Å². The fraction of sp³-hybridized carbons (Fsp3) is 0.545. The van der Waals surface area contributed by atoms with Gasteiger partial charge in [-0.15, -0.1) is 10.2 Å². The van der Waals surface area contributed by atoms with Crippen molar-refractivity contribution in [3.63, 3.8) is 0 Å². The first kappa shape index (κ1) is 14.3. The van der Waals surface area contributed by atoms with Gasteiger partial charge in [0.1, 0.15) is 0 Å². The summed E-state index contributed by atoms with van der Waals surface area (Å²) in [6.45, 7) is 1.08. The Balaban J connectivity index is 2.64. The number of carbonyl (C=O) groups is 1. The third-order valence-electron chi connectivity index (χ3n) is 2.39. The molecule has 3 N–H and O–H groups in total. The van der Waals surface area contributed by atoms with E-state index in [2.05, 4.69) is 15.5 Å². The zero-order chi connectivity index (χ0) is 13.5. The first-order valence-corrected chi connectivity index (χ1v) is 5.60. The molecular formula is C11H19N5O2. The molecule has 1 amide bonds. The highest BCUT2D eigenvalue weighted by Crippen LogP contribution is 2.07. The minimum absolute atomic E-state index is 0.0968. The monoisotopic (exact) mass is 253 g/mol. The number of rotatable bonds is 6. The molecule has 0 aliphatic rings. The van der Waals surface area contributed by atoms with Crippen LogP contribution in [0.1, 0.15) is 10.5 Å². The molecule has 0 saturated heterocycles. The van der Waals surface area contributed by atoms with Gasteiger partial charge < -0.3 is 20.7 Å². The van der Waals surface area contributed by atoms with Crippen LogP contribution in [-0.2, 0) is 4.74 Å². The standard InChI is InChI=1S/C11H19N5O2/c1-13-11(17)9-4-5-10(15-14-9)16(2)6-8(12)7-18-3/h4-5,8H,6-7,12H2,1-3H3,(H,13,17). The molecule has 0 spiro atoms. The van der Waals surface area contributed by atoms with E-state index in [0.29, 0.717) is 19.0 Å². The summed E-state index contributed by atoms with van der Waals surface area (Å²) in [5.41, 5.74) is 6.13. The van der Waals surface area contributed by atoms with Crippen molar-refractivity contribution in [1.82, 2.24) is 15.5 Å². The van der Waals surface area contributed by atoms with E-state index in [1.54, 1.807) is 26.3 Å². The molecule has 1 heterocycles. The molecule has 0 bridgehead atoms. The van der Waals surface area contributed by atoms with Crippen LogP contribution in [0.25, 0.3) is 0 Å². The Hall–Kier alpha value is -1.73. The van der Waals surface area contributed by atoms with Crippen molar-refractivity contribution in [3.8, 4) is 0 Å². The van der Waals surface area contributed by atoms with Crippen LogP contribution < -0.4 is 16.0 Å². The highest BCUT2D eigenvalue weighted by Gasteiger charge is 2.10. The lowest BCUT2D eigenvalue weighted by Gasteiger charge is -2.21. The highest BCUT2D eigenvalue weighted by molar-refractivity contribution is 5.91. The van der Waals surface area contributed by atoms with Crippen LogP contribution in [0.4, 0.5) is 5.82 Å². The SMILES string of the molecule is CNC(=O)c1ccc(N(C)CC(N)COC)nn1. The Labute approximate surface area is 106 Å². The molecule has 1 rings (SSSR count). The first-order valence-electron chi connectivity index (χ1n) is 5.60. The zero-order valence-electron chi connectivity index (χ0n) is 10.9. The number of nitrogens with one attached hydrogen (secondary N) is 1. The molecule has 1 aromatic heterocycles. The van der Waals surface area contributed by atoms with E-state index < -0.39 is 0 Å². The maximum absolute atomic E-state index is 11.3. The van der Waals surface area contributed by atoms with Crippen LogP contribution >= 0.6 is 0 Å². The van der Waals surface area contributed by atoms with E-state index in [1.807, 2.05) is 11.9 Å². The summed E-state index contributed by atoms with van der Waals surface area (Å²) in [5.74, 6) is 0.405. The van der Waals surface area contributed by atoms with E-state index in [-0.39, 0.29) is 17.6 Å². The molecule has 7 nitrogen and oxygen atoms in total. The van der Waals surface area contributed by atoms with Crippen molar-refractivity contribution in [2.45, 2.75) is 6.04 Å². The van der Waals surface area contributed by atoms with Crippen LogP contribution in [-0.4, -0.2) is 56.5 Å². The first-order chi connectivity index (χ1) is 8.58. The van der Waals surface area contributed by atoms with Crippen LogP contribution in [0.15, 0.2) is 12.1 Å². The fourth-order valence-corrected chi connectivity index (χ4v) is 1.49. The Bertz CT molecular complexity index is 382. The van der Waals surface area contributed by atoms with Crippen LogP contribution in [0, 0.1) is 0 Å². The number of aromatic nitrogens is 2. The second kappa shape index (κ2) is 6.87. The fourth-order valence-electron chi connectivity index (χ4n) is 1.49. The second-order valence-corrected chi connectivity index (χ2v) is 3.95. The zero-order valence-corrected chi connectivity index (χ0v) is 10.9. The van der Waals surface area contributed by atoms with Crippen molar-refractivity contribution < 1.29 is 9.53 Å². The summed E-state index contributed by atoms with van der Waals surface area (Å²) < 4.78 is 4.96. The largest absolute Gasteiger partial charge is 0.383 e. The quantitative estimate of drug-likeness (QED) is 0.692. The number of nitrogens with two attached hydrogens (primary N) is 1. The average molecular weight is 253 g/mol. The molecule has 0 saturated carbocycles. The van der Waals surface area contributed by atoms with Crippen molar-refractivity contribution in [3.05, 3.63) is 17.8 Å². The van der Waals surface area contributed by atoms with E-state index in [9.17, 15) is 4.79 Å². The number of anilines is 1. The number of methoxy groups -OCH3 is 1. The number of nitrogens with zero attached hydrogens (tertiary/aromatic N) is 3. The molecular weight excluding hydrogens is 234 g/mol. The molecule has 100 valence electrons. The lowest BCUT2D eigenvalue weighted by molar-refractivity contribution is 0.0957. The number of hydrogen-bond acceptors (Lipinski definition) is 6. The van der Waals surface area contributed by atoms with Crippen LogP contribution in [0.2, 0.25) is 0 Å². The Morgan fingerprint density at radius 3 is 2.78 bits per heavy atom. The summed E-state index contributed by atoms with van der Waals surface area (Å²) in [7, 11) is 5.02. The van der Waals surface area contributed by atoms with Gasteiger partial charge in [0.2, 0.25) is 0 Å². The van der Waals surface area contributed by atoms with E-state index >= 15 is 0 Å². The van der Waals surface area contributed by atoms with Gasteiger partial charge in [0.15, 0.2) is 11.5 Å². The van der Waals surface area contributed by atoms with Crippen molar-refractivity contribution in [2.75, 3.05) is 39.3 Å². The molecule has 1 atom stereocenters. The molecule has 0 aliphatic heterocycles. The van der Waals surface area contributed by atoms with Gasteiger partial charge in [-0.25, -0.2) is 0 Å². The molecule has 18 heavy (non-hydrogen) atoms. The summed E-state index contributed by atoms with van der Waals surface area (Å²) in [6, 6.07) is 3.26. The molecule has 0 aliphatic carbocycles. The second-order valence-electron chi connectivity index (χ2n) is 3.95. The lowest BCUT2D eigenvalue weighted by Crippen LogP contribution is -2.38. The Kier molecular flexibility index (Phi) is 5.47. The predicted molar refractivity (Wildman–Crippen MR) is 68.5 cm³/mol. The van der Waals surface area contributed by atoms with Gasteiger partial charge in [0.25, 0.3) is 5.91 Å². The number of hydrogen-bond donors (Lipinski definition) is 2. The molecule has 1 aromatic rings. The number of carbonyl (C=O) groups excluding carboxylic acids is 1. The van der Waals surface area contributed by atoms with Gasteiger partial charge in [0.05, 0.1) is 6.61 Å². The highest BCUT2D eigenvalue weighted by atomic mass is 16.5. The molecule has 0 aromatic carbocycles. The summed E-state index contributed by atoms with van der Waals surface area (Å²) in [5, 5.41) is 10.3. The minimum atomic E-state index is -0.257. The van der Waals surface area contributed by atoms with Gasteiger partial charge in [-0.05, 0) is 12.1 Å². The molecule has 1 unspecified atom stereocenters.